The summed E-state index contributed by atoms with van der Waals surface area (Å²) in [4.78, 5) is 19.7. The molecule has 1 unspecified atom stereocenters. The molecule has 1 amide bonds. The lowest BCUT2D eigenvalue weighted by molar-refractivity contribution is -0.132. The summed E-state index contributed by atoms with van der Waals surface area (Å²) < 4.78 is 5.40. The van der Waals surface area contributed by atoms with Crippen LogP contribution in [0.1, 0.15) is 29.5 Å². The third-order valence-electron chi connectivity index (χ3n) is 5.49. The molecule has 3 heterocycles. The lowest BCUT2D eigenvalue weighted by Gasteiger charge is -2.36. The Balaban J connectivity index is 1.68. The monoisotopic (exact) mass is 337 g/mol. The van der Waals surface area contributed by atoms with Gasteiger partial charge >= 0.3 is 0 Å². The van der Waals surface area contributed by atoms with E-state index in [0.717, 1.165) is 31.4 Å². The molecule has 0 radical (unpaired) electrons. The van der Waals surface area contributed by atoms with E-state index in [9.17, 15) is 4.79 Å². The molecule has 1 saturated heterocycles. The normalized spacial score (nSPS) is 23.2. The van der Waals surface area contributed by atoms with E-state index in [4.69, 9.17) is 4.74 Å². The number of pyridine rings is 1. The van der Waals surface area contributed by atoms with Gasteiger partial charge in [0.15, 0.2) is 0 Å². The van der Waals surface area contributed by atoms with Crippen molar-refractivity contribution in [2.75, 3.05) is 13.7 Å². The second-order valence-corrected chi connectivity index (χ2v) is 6.86. The summed E-state index contributed by atoms with van der Waals surface area (Å²) >= 11 is 0. The molecule has 1 aromatic carbocycles. The largest absolute Gasteiger partial charge is 0.481 e. The molecule has 2 aliphatic heterocycles. The number of nitrogens with zero attached hydrogens (tertiary/aromatic N) is 2. The van der Waals surface area contributed by atoms with Gasteiger partial charge in [-0.3, -0.25) is 9.69 Å². The molecule has 130 valence electrons. The Kier molecular flexibility index (Phi) is 4.17. The maximum atomic E-state index is 13.1. The van der Waals surface area contributed by atoms with Gasteiger partial charge in [0.1, 0.15) is 5.54 Å². The van der Waals surface area contributed by atoms with Gasteiger partial charge in [-0.05, 0) is 36.6 Å². The fourth-order valence-corrected chi connectivity index (χ4v) is 4.19. The van der Waals surface area contributed by atoms with Crippen LogP contribution in [0.2, 0.25) is 0 Å². The van der Waals surface area contributed by atoms with Gasteiger partial charge in [-0.15, -0.1) is 0 Å². The molecule has 0 aliphatic carbocycles. The lowest BCUT2D eigenvalue weighted by atomic mass is 9.86. The zero-order valence-electron chi connectivity index (χ0n) is 14.5. The Hall–Kier alpha value is -2.40. The molecule has 1 spiro atoms. The van der Waals surface area contributed by atoms with Gasteiger partial charge in [0.25, 0.3) is 0 Å². The quantitative estimate of drug-likeness (QED) is 0.934. The van der Waals surface area contributed by atoms with Crippen LogP contribution in [0.4, 0.5) is 0 Å². The minimum Gasteiger partial charge on any atom is -0.481 e. The first-order chi connectivity index (χ1) is 12.2. The van der Waals surface area contributed by atoms with Crippen LogP contribution < -0.4 is 10.1 Å². The van der Waals surface area contributed by atoms with E-state index in [1.165, 1.54) is 11.1 Å². The molecule has 5 nitrogen and oxygen atoms in total. The molecule has 0 bridgehead atoms. The third-order valence-corrected chi connectivity index (χ3v) is 5.49. The highest BCUT2D eigenvalue weighted by molar-refractivity contribution is 5.87. The van der Waals surface area contributed by atoms with Gasteiger partial charge in [0.05, 0.1) is 7.11 Å². The summed E-state index contributed by atoms with van der Waals surface area (Å²) in [5.74, 6) is 0.781. The number of benzene rings is 1. The van der Waals surface area contributed by atoms with Gasteiger partial charge in [-0.25, -0.2) is 4.98 Å². The number of carbonyl (C=O) groups is 1. The highest BCUT2D eigenvalue weighted by Gasteiger charge is 2.48. The number of rotatable bonds is 3. The van der Waals surface area contributed by atoms with Crippen LogP contribution >= 0.6 is 0 Å². The summed E-state index contributed by atoms with van der Waals surface area (Å²) in [5, 5.41) is 3.15. The van der Waals surface area contributed by atoms with Crippen LogP contribution in [0.3, 0.4) is 0 Å². The standard InChI is InChI=1S/C20H23N3O2/c1-25-18-17(8-4-10-21-18)14-23-11-5-9-20(23)12-15-6-2-3-7-16(15)13-22-19(20)24/h2-4,6-8,10H,5,9,11-14H2,1H3,(H,22,24). The molecular weight excluding hydrogens is 314 g/mol. The fourth-order valence-electron chi connectivity index (χ4n) is 4.19. The van der Waals surface area contributed by atoms with Crippen LogP contribution in [0.15, 0.2) is 42.6 Å². The van der Waals surface area contributed by atoms with E-state index in [-0.39, 0.29) is 5.91 Å². The number of carbonyl (C=O) groups excluding carboxylic acids is 1. The van der Waals surface area contributed by atoms with Crippen molar-refractivity contribution in [2.24, 2.45) is 0 Å². The van der Waals surface area contributed by atoms with Gasteiger partial charge in [-0.1, -0.05) is 30.3 Å². The maximum Gasteiger partial charge on any atom is 0.241 e. The third kappa shape index (κ3) is 2.78. The van der Waals surface area contributed by atoms with Crippen LogP contribution in [0.25, 0.3) is 0 Å². The maximum absolute atomic E-state index is 13.1. The molecule has 2 aromatic rings. The van der Waals surface area contributed by atoms with E-state index in [1.807, 2.05) is 18.2 Å². The van der Waals surface area contributed by atoms with E-state index < -0.39 is 5.54 Å². The molecule has 5 heteroatoms. The molecule has 2 aliphatic rings. The summed E-state index contributed by atoms with van der Waals surface area (Å²) in [6.45, 7) is 2.20. The number of hydrogen-bond acceptors (Lipinski definition) is 4. The summed E-state index contributed by atoms with van der Waals surface area (Å²) in [6, 6.07) is 12.3. The minimum atomic E-state index is -0.479. The van der Waals surface area contributed by atoms with E-state index in [1.54, 1.807) is 13.3 Å². The first-order valence-corrected chi connectivity index (χ1v) is 8.81. The predicted octanol–water partition coefficient (Wildman–Crippen LogP) is 2.30. The average Bonchev–Trinajstić information content (AvgIpc) is 2.97. The van der Waals surface area contributed by atoms with Gasteiger partial charge in [0, 0.05) is 31.3 Å². The summed E-state index contributed by atoms with van der Waals surface area (Å²) in [6.07, 6.45) is 4.40. The topological polar surface area (TPSA) is 54.5 Å². The molecular formula is C20H23N3O2. The summed E-state index contributed by atoms with van der Waals surface area (Å²) in [7, 11) is 1.64. The van der Waals surface area contributed by atoms with E-state index in [2.05, 4.69) is 33.4 Å². The number of amides is 1. The SMILES string of the molecule is COc1ncccc1CN1CCCC12Cc1ccccc1CNC2=O. The second kappa shape index (κ2) is 6.48. The highest BCUT2D eigenvalue weighted by atomic mass is 16.5. The number of ether oxygens (including phenoxy) is 1. The molecule has 1 aromatic heterocycles. The number of nitrogens with one attached hydrogen (secondary N) is 1. The molecule has 1 N–H and O–H groups in total. The Morgan fingerprint density at radius 3 is 2.92 bits per heavy atom. The molecule has 1 atom stereocenters. The average molecular weight is 337 g/mol. The number of likely N-dealkylation sites (tertiary alicyclic amines) is 1. The Labute approximate surface area is 148 Å². The van der Waals surface area contributed by atoms with E-state index in [0.29, 0.717) is 19.0 Å². The first-order valence-electron chi connectivity index (χ1n) is 8.81. The smallest absolute Gasteiger partial charge is 0.241 e. The van der Waals surface area contributed by atoms with Crippen molar-refractivity contribution in [3.63, 3.8) is 0 Å². The number of aromatic nitrogens is 1. The molecule has 1 fully saturated rings. The number of methoxy groups -OCH3 is 1. The zero-order chi connectivity index (χ0) is 17.3. The zero-order valence-corrected chi connectivity index (χ0v) is 14.5. The van der Waals surface area contributed by atoms with Crippen molar-refractivity contribution in [3.05, 3.63) is 59.3 Å². The van der Waals surface area contributed by atoms with Crippen molar-refractivity contribution >= 4 is 5.91 Å². The molecule has 4 rings (SSSR count). The van der Waals surface area contributed by atoms with Crippen LogP contribution in [0, 0.1) is 0 Å². The predicted molar refractivity (Wildman–Crippen MR) is 95.2 cm³/mol. The van der Waals surface area contributed by atoms with Crippen LogP contribution in [-0.4, -0.2) is 35.0 Å². The number of fused-ring (bicyclic) bond motifs is 1. The molecule has 25 heavy (non-hydrogen) atoms. The minimum absolute atomic E-state index is 0.143. The number of hydrogen-bond donors (Lipinski definition) is 1. The van der Waals surface area contributed by atoms with Crippen LogP contribution in [0.5, 0.6) is 5.88 Å². The summed E-state index contributed by atoms with van der Waals surface area (Å²) in [5.41, 5.74) is 3.04. The second-order valence-electron chi connectivity index (χ2n) is 6.86. The fraction of sp³-hybridized carbons (Fsp3) is 0.400. The van der Waals surface area contributed by atoms with Crippen molar-refractivity contribution in [1.82, 2.24) is 15.2 Å². The van der Waals surface area contributed by atoms with Crippen molar-refractivity contribution in [3.8, 4) is 5.88 Å². The van der Waals surface area contributed by atoms with Crippen molar-refractivity contribution < 1.29 is 9.53 Å². The van der Waals surface area contributed by atoms with Gasteiger partial charge in [-0.2, -0.15) is 0 Å². The Morgan fingerprint density at radius 2 is 2.08 bits per heavy atom. The van der Waals surface area contributed by atoms with Crippen LogP contribution in [-0.2, 0) is 24.3 Å². The van der Waals surface area contributed by atoms with Gasteiger partial charge in [0.2, 0.25) is 11.8 Å². The highest BCUT2D eigenvalue weighted by Crippen LogP contribution is 2.37. The lowest BCUT2D eigenvalue weighted by Crippen LogP contribution is -2.55. The first kappa shape index (κ1) is 16.1. The van der Waals surface area contributed by atoms with E-state index >= 15 is 0 Å². The van der Waals surface area contributed by atoms with Gasteiger partial charge < -0.3 is 10.1 Å². The Bertz CT molecular complexity index is 792. The molecule has 0 saturated carbocycles. The Morgan fingerprint density at radius 1 is 1.24 bits per heavy atom. The van der Waals surface area contributed by atoms with Crippen molar-refractivity contribution in [1.29, 1.82) is 0 Å². The van der Waals surface area contributed by atoms with Crippen molar-refractivity contribution in [2.45, 2.75) is 37.9 Å².